The first-order chi connectivity index (χ1) is 7.69. The fourth-order valence-electron chi connectivity index (χ4n) is 2.71. The first-order valence-corrected chi connectivity index (χ1v) is 7.17. The maximum atomic E-state index is 11.7. The predicted molar refractivity (Wildman–Crippen MR) is 66.0 cm³/mol. The number of hydrogen-bond donors (Lipinski definition) is 0. The molecule has 1 fully saturated rings. The Balaban J connectivity index is 0.00000144. The third-order valence-electron chi connectivity index (χ3n) is 3.91. The van der Waals surface area contributed by atoms with E-state index in [1.54, 1.807) is 11.8 Å². The van der Waals surface area contributed by atoms with Crippen molar-refractivity contribution in [2.24, 2.45) is 5.92 Å². The molecule has 2 atom stereocenters. The maximum absolute atomic E-state index is 11.7. The number of hydrogen-bond acceptors (Lipinski definition) is 3. The van der Waals surface area contributed by atoms with Gasteiger partial charge in [0.25, 0.3) is 0 Å². The highest BCUT2D eigenvalue weighted by Gasteiger charge is 2.47. The molecule has 0 spiro atoms. The average molecular weight is 369 g/mol. The molecule has 0 aromatic carbocycles. The van der Waals surface area contributed by atoms with E-state index < -0.39 is 0 Å². The zero-order chi connectivity index (χ0) is 11.7. The SMILES string of the molecule is COC(=O)C1CC(SC)=[N+](C2CCC2)C1C.[I-]. The lowest BCUT2D eigenvalue weighted by atomic mass is 9.91. The highest BCUT2D eigenvalue weighted by atomic mass is 127. The van der Waals surface area contributed by atoms with Crippen LogP contribution in [0.5, 0.6) is 0 Å². The molecule has 0 N–H and O–H groups in total. The highest BCUT2D eigenvalue weighted by Crippen LogP contribution is 2.33. The number of thioether (sulfide) groups is 1. The first kappa shape index (κ1) is 15.3. The highest BCUT2D eigenvalue weighted by molar-refractivity contribution is 8.13. The summed E-state index contributed by atoms with van der Waals surface area (Å²) in [4.78, 5) is 11.7. The third kappa shape index (κ3) is 2.80. The van der Waals surface area contributed by atoms with Crippen molar-refractivity contribution in [2.45, 2.75) is 44.7 Å². The van der Waals surface area contributed by atoms with E-state index in [4.69, 9.17) is 4.74 Å². The molecule has 3 nitrogen and oxygen atoms in total. The van der Waals surface area contributed by atoms with E-state index in [1.807, 2.05) is 0 Å². The van der Waals surface area contributed by atoms with Crippen molar-refractivity contribution in [1.29, 1.82) is 0 Å². The fourth-order valence-corrected chi connectivity index (χ4v) is 3.58. The zero-order valence-electron chi connectivity index (χ0n) is 10.6. The Morgan fingerprint density at radius 3 is 2.53 bits per heavy atom. The van der Waals surface area contributed by atoms with E-state index in [0.717, 1.165) is 6.42 Å². The molecule has 0 aromatic rings. The van der Waals surface area contributed by atoms with Gasteiger partial charge in [-0.1, -0.05) is 11.8 Å². The number of halogens is 1. The van der Waals surface area contributed by atoms with Crippen LogP contribution >= 0.6 is 11.8 Å². The topological polar surface area (TPSA) is 29.3 Å². The summed E-state index contributed by atoms with van der Waals surface area (Å²) in [5, 5.41) is 1.37. The lowest BCUT2D eigenvalue weighted by Gasteiger charge is -2.26. The Morgan fingerprint density at radius 1 is 1.47 bits per heavy atom. The van der Waals surface area contributed by atoms with Gasteiger partial charge in [0, 0.05) is 12.8 Å². The number of rotatable bonds is 2. The molecule has 17 heavy (non-hydrogen) atoms. The van der Waals surface area contributed by atoms with E-state index in [-0.39, 0.29) is 35.9 Å². The van der Waals surface area contributed by atoms with Crippen molar-refractivity contribution in [3.63, 3.8) is 0 Å². The van der Waals surface area contributed by atoms with Crippen LogP contribution in [0.2, 0.25) is 0 Å². The summed E-state index contributed by atoms with van der Waals surface area (Å²) in [6, 6.07) is 0.979. The van der Waals surface area contributed by atoms with Gasteiger partial charge < -0.3 is 28.7 Å². The van der Waals surface area contributed by atoms with Crippen molar-refractivity contribution in [3.8, 4) is 0 Å². The van der Waals surface area contributed by atoms with Crippen LogP contribution in [0, 0.1) is 5.92 Å². The minimum Gasteiger partial charge on any atom is -1.00 e. The van der Waals surface area contributed by atoms with Gasteiger partial charge in [0.2, 0.25) is 5.04 Å². The van der Waals surface area contributed by atoms with Crippen LogP contribution in [0.3, 0.4) is 0 Å². The molecule has 2 aliphatic rings. The molecule has 1 saturated carbocycles. The predicted octanol–water partition coefficient (Wildman–Crippen LogP) is -1.10. The maximum Gasteiger partial charge on any atom is 0.316 e. The molecular weight excluding hydrogens is 349 g/mol. The molecular formula is C12H20INO2S. The Morgan fingerprint density at radius 2 is 2.12 bits per heavy atom. The van der Waals surface area contributed by atoms with Crippen molar-refractivity contribution in [1.82, 2.24) is 0 Å². The summed E-state index contributed by atoms with van der Waals surface area (Å²) < 4.78 is 7.36. The van der Waals surface area contributed by atoms with Gasteiger partial charge in [-0.15, -0.1) is 0 Å². The molecule has 2 unspecified atom stereocenters. The number of carbonyl (C=O) groups excluding carboxylic acids is 1. The summed E-state index contributed by atoms with van der Waals surface area (Å²) >= 11 is 1.79. The van der Waals surface area contributed by atoms with Gasteiger partial charge in [0.15, 0.2) is 12.1 Å². The smallest absolute Gasteiger partial charge is 0.316 e. The summed E-state index contributed by atoms with van der Waals surface area (Å²) in [5.74, 6) is -0.0195. The van der Waals surface area contributed by atoms with Crippen LogP contribution in [-0.4, -0.2) is 41.0 Å². The monoisotopic (exact) mass is 369 g/mol. The molecule has 1 aliphatic carbocycles. The quantitative estimate of drug-likeness (QED) is 0.352. The first-order valence-electron chi connectivity index (χ1n) is 5.95. The molecule has 1 heterocycles. The lowest BCUT2D eigenvalue weighted by Crippen LogP contribution is -3.00. The summed E-state index contributed by atoms with van der Waals surface area (Å²) in [6.45, 7) is 2.16. The molecule has 1 aliphatic heterocycles. The average Bonchev–Trinajstić information content (AvgIpc) is 2.54. The van der Waals surface area contributed by atoms with Crippen LogP contribution in [0.1, 0.15) is 32.6 Å². The second-order valence-corrected chi connectivity index (χ2v) is 5.54. The van der Waals surface area contributed by atoms with E-state index in [9.17, 15) is 4.79 Å². The summed E-state index contributed by atoms with van der Waals surface area (Å²) in [6.07, 6.45) is 6.86. The fraction of sp³-hybridized carbons (Fsp3) is 0.833. The van der Waals surface area contributed by atoms with Crippen molar-refractivity contribution in [2.75, 3.05) is 13.4 Å². The van der Waals surface area contributed by atoms with Crippen molar-refractivity contribution in [3.05, 3.63) is 0 Å². The molecule has 0 aromatic heterocycles. The largest absolute Gasteiger partial charge is 1.00 e. The second kappa shape index (κ2) is 6.41. The molecule has 98 valence electrons. The second-order valence-electron chi connectivity index (χ2n) is 4.66. The van der Waals surface area contributed by atoms with Crippen LogP contribution < -0.4 is 24.0 Å². The zero-order valence-corrected chi connectivity index (χ0v) is 13.6. The molecule has 0 bridgehead atoms. The molecule has 0 saturated heterocycles. The minimum absolute atomic E-state index is 0. The Bertz CT molecular complexity index is 328. The normalized spacial score (nSPS) is 28.6. The van der Waals surface area contributed by atoms with E-state index in [2.05, 4.69) is 17.8 Å². The van der Waals surface area contributed by atoms with Gasteiger partial charge in [-0.3, -0.25) is 4.79 Å². The van der Waals surface area contributed by atoms with Gasteiger partial charge in [0.05, 0.1) is 13.5 Å². The van der Waals surface area contributed by atoms with Gasteiger partial charge in [-0.2, -0.15) is 0 Å². The van der Waals surface area contributed by atoms with Crippen molar-refractivity contribution >= 4 is 22.8 Å². The van der Waals surface area contributed by atoms with E-state index in [0.29, 0.717) is 12.1 Å². The summed E-state index contributed by atoms with van der Waals surface area (Å²) in [5.41, 5.74) is 0. The third-order valence-corrected chi connectivity index (χ3v) is 4.76. The Hall–Kier alpha value is 0.220. The van der Waals surface area contributed by atoms with Crippen molar-refractivity contribution < 1.29 is 38.1 Å². The van der Waals surface area contributed by atoms with Gasteiger partial charge >= 0.3 is 5.97 Å². The summed E-state index contributed by atoms with van der Waals surface area (Å²) in [7, 11) is 1.49. The molecule has 2 rings (SSSR count). The van der Waals surface area contributed by atoms with E-state index in [1.165, 1.54) is 31.4 Å². The Labute approximate surface area is 124 Å². The Kier molecular flexibility index (Phi) is 5.76. The van der Waals surface area contributed by atoms with Crippen LogP contribution in [0.4, 0.5) is 0 Å². The van der Waals surface area contributed by atoms with Crippen LogP contribution in [0.25, 0.3) is 0 Å². The van der Waals surface area contributed by atoms with Gasteiger partial charge in [-0.25, -0.2) is 4.58 Å². The lowest BCUT2D eigenvalue weighted by molar-refractivity contribution is -0.603. The minimum atomic E-state index is -0.0547. The van der Waals surface area contributed by atoms with Gasteiger partial charge in [-0.05, 0) is 19.6 Å². The number of nitrogens with zero attached hydrogens (tertiary/aromatic N) is 1. The van der Waals surface area contributed by atoms with Crippen LogP contribution in [0.15, 0.2) is 0 Å². The standard InChI is InChI=1S/C12H20NO2S.HI/c1-8-10(12(14)15-2)7-11(16-3)13(8)9-5-4-6-9;/h8-10H,4-7H2,1-3H3;1H/q+1;/p-1. The molecule has 5 heteroatoms. The number of esters is 1. The van der Waals surface area contributed by atoms with Crippen LogP contribution in [-0.2, 0) is 9.53 Å². The molecule has 0 radical (unpaired) electrons. The molecule has 0 amide bonds. The number of carbonyl (C=O) groups is 1. The van der Waals surface area contributed by atoms with Gasteiger partial charge in [0.1, 0.15) is 5.92 Å². The number of ether oxygens (including phenoxy) is 1. The number of methoxy groups -OCH3 is 1. The van der Waals surface area contributed by atoms with E-state index >= 15 is 0 Å².